The topological polar surface area (TPSA) is 0 Å². The minimum Gasteiger partial charge on any atom is -0.179 e. The molecule has 0 spiro atoms. The van der Waals surface area contributed by atoms with E-state index in [-0.39, 0.29) is 0 Å². The van der Waals surface area contributed by atoms with Crippen molar-refractivity contribution in [3.05, 3.63) is 163 Å². The van der Waals surface area contributed by atoms with Gasteiger partial charge in [-0.2, -0.15) is 47.3 Å². The molecule has 0 saturated heterocycles. The first-order valence-corrected chi connectivity index (χ1v) is 28.3. The van der Waals surface area contributed by atoms with Crippen molar-refractivity contribution in [2.45, 2.75) is 6.42 Å². The zero-order valence-corrected chi connectivity index (χ0v) is 26.9. The van der Waals surface area contributed by atoms with Crippen molar-refractivity contribution in [3.63, 3.8) is 0 Å². The van der Waals surface area contributed by atoms with Gasteiger partial charge < -0.3 is 0 Å². The molecule has 6 aromatic carbocycles. The van der Waals surface area contributed by atoms with E-state index in [1.54, 1.807) is 0 Å². The van der Waals surface area contributed by atoms with E-state index in [4.69, 9.17) is 17.2 Å². The molecule has 38 heavy (non-hydrogen) atoms. The van der Waals surface area contributed by atoms with Crippen LogP contribution in [-0.2, 0) is 24.1 Å². The van der Waals surface area contributed by atoms with Crippen LogP contribution in [0, 0.1) is 6.07 Å². The molecule has 0 N–H and O–H groups in total. The van der Waals surface area contributed by atoms with Gasteiger partial charge in [0.2, 0.25) is 0 Å². The predicted octanol–water partition coefficient (Wildman–Crippen LogP) is 8.33. The second-order valence-corrected chi connectivity index (χ2v) is 35.1. The molecule has 0 radical (unpaired) electrons. The summed E-state index contributed by atoms with van der Waals surface area (Å²) in [5.41, 5.74) is 4.64. The van der Waals surface area contributed by atoms with Gasteiger partial charge in [-0.3, -0.25) is 0 Å². The second kappa shape index (κ2) is 13.4. The smallest absolute Gasteiger partial charge is 0.0253 e. The maximum absolute atomic E-state index is 6.34. The first-order valence-electron chi connectivity index (χ1n) is 12.5. The first kappa shape index (κ1) is 27.0. The fourth-order valence-electron chi connectivity index (χ4n) is 4.66. The Morgan fingerprint density at radius 3 is 1.92 bits per heavy atom. The molecule has 186 valence electrons. The molecule has 0 unspecified atom stereocenters. The Morgan fingerprint density at radius 1 is 0.632 bits per heavy atom. The molecule has 0 aliphatic heterocycles. The molecule has 0 nitrogen and oxygen atoms in total. The van der Waals surface area contributed by atoms with E-state index >= 15 is 0 Å². The van der Waals surface area contributed by atoms with Crippen LogP contribution in [0.5, 0.6) is 0 Å². The van der Waals surface area contributed by atoms with Crippen molar-refractivity contribution in [2.24, 2.45) is 0 Å². The standard InChI is InChI=1S/C13H9.C12H10Si.C9H7.2ClH.Hf/c1-3-7-12-10(5-1)9-11-6-2-4-8-13(11)12;1-3-7-11(8-4-1)13-12-9-5-2-6-10-12;1-2-5-9-7-3-6-8(9)4-1;;;/h1-5,7-8H,9H2;1-10H;1-7H;2*1H;/q-1;;-1;;;+2/p-2. The second-order valence-electron chi connectivity index (χ2n) is 8.92. The summed E-state index contributed by atoms with van der Waals surface area (Å²) in [4.78, 5) is 0. The number of halogens is 2. The zero-order valence-electron chi connectivity index (χ0n) is 20.8. The van der Waals surface area contributed by atoms with Gasteiger partial charge in [0, 0.05) is 0 Å². The van der Waals surface area contributed by atoms with Gasteiger partial charge in [0.05, 0.1) is 0 Å². The van der Waals surface area contributed by atoms with Gasteiger partial charge in [-0.25, -0.2) is 0 Å². The largest absolute Gasteiger partial charge is 0.179 e. The zero-order chi connectivity index (χ0) is 26.2. The van der Waals surface area contributed by atoms with Gasteiger partial charge in [-0.05, 0) is 6.42 Å². The van der Waals surface area contributed by atoms with E-state index in [2.05, 4.69) is 133 Å². The molecule has 0 aromatic heterocycles. The van der Waals surface area contributed by atoms with E-state index in [9.17, 15) is 0 Å². The molecule has 0 atom stereocenters. The van der Waals surface area contributed by atoms with Crippen LogP contribution in [0.25, 0.3) is 21.9 Å². The minimum absolute atomic E-state index is 0.873. The molecule has 4 heteroatoms. The van der Waals surface area contributed by atoms with Gasteiger partial charge in [-0.15, -0.1) is 35.2 Å². The fourth-order valence-corrected chi connectivity index (χ4v) is 25.5. The molecule has 0 heterocycles. The average molecular weight is 712 g/mol. The monoisotopic (exact) mass is 712 g/mol. The summed E-state index contributed by atoms with van der Waals surface area (Å²) in [5.74, 6) is 0. The number of fused-ring (bicyclic) bond motifs is 4. The first-order chi connectivity index (χ1) is 18.7. The minimum atomic E-state index is -2.41. The molecular formula is C34H26Cl2HfSi-2. The Balaban J connectivity index is 0.000000120. The Hall–Kier alpha value is -2.62. The third kappa shape index (κ3) is 6.68. The van der Waals surface area contributed by atoms with Gasteiger partial charge in [0.25, 0.3) is 0 Å². The predicted molar refractivity (Wildman–Crippen MR) is 163 cm³/mol. The number of hydrogen-bond acceptors (Lipinski definition) is 0. The van der Waals surface area contributed by atoms with Crippen LogP contribution in [0.4, 0.5) is 0 Å². The van der Waals surface area contributed by atoms with Gasteiger partial charge >= 0.3 is 111 Å². The van der Waals surface area contributed by atoms with Crippen LogP contribution >= 0.6 is 17.2 Å². The summed E-state index contributed by atoms with van der Waals surface area (Å²) in [5, 5.41) is 5.34. The van der Waals surface area contributed by atoms with Crippen molar-refractivity contribution in [3.8, 4) is 11.1 Å². The summed E-state index contributed by atoms with van der Waals surface area (Å²) < 4.78 is 0. The van der Waals surface area contributed by atoms with Crippen molar-refractivity contribution < 1.29 is 17.7 Å². The van der Waals surface area contributed by atoms with Crippen LogP contribution < -0.4 is 10.4 Å². The van der Waals surface area contributed by atoms with E-state index in [1.807, 2.05) is 18.2 Å². The molecule has 0 saturated carbocycles. The van der Waals surface area contributed by atoms with E-state index in [0.717, 1.165) is 6.42 Å². The number of rotatable bonds is 2. The van der Waals surface area contributed by atoms with E-state index < -0.39 is 23.2 Å². The maximum atomic E-state index is 6.34. The molecule has 1 aliphatic carbocycles. The van der Waals surface area contributed by atoms with Crippen molar-refractivity contribution in [1.29, 1.82) is 0 Å². The summed E-state index contributed by atoms with van der Waals surface area (Å²) in [6.07, 6.45) is 1.05. The van der Waals surface area contributed by atoms with Crippen LogP contribution in [0.3, 0.4) is 0 Å². The molecular weight excluding hydrogens is 686 g/mol. The average Bonchev–Trinajstić information content (AvgIpc) is 3.60. The van der Waals surface area contributed by atoms with Crippen LogP contribution in [0.2, 0.25) is 0 Å². The molecule has 0 bridgehead atoms. The van der Waals surface area contributed by atoms with Gasteiger partial charge in [-0.1, -0.05) is 41.5 Å². The maximum Gasteiger partial charge on any atom is -0.0253 e. The third-order valence-corrected chi connectivity index (χ3v) is 28.3. The van der Waals surface area contributed by atoms with Crippen LogP contribution in [0.1, 0.15) is 11.1 Å². The Kier molecular flexibility index (Phi) is 9.54. The molecule has 1 aliphatic rings. The third-order valence-electron chi connectivity index (χ3n) is 6.48. The van der Waals surface area contributed by atoms with Crippen LogP contribution in [-0.4, -0.2) is 5.49 Å². The van der Waals surface area contributed by atoms with Gasteiger partial charge in [0.15, 0.2) is 0 Å². The van der Waals surface area contributed by atoms with Crippen molar-refractivity contribution in [2.75, 3.05) is 0 Å². The Morgan fingerprint density at radius 2 is 1.24 bits per heavy atom. The molecule has 7 rings (SSSR count). The summed E-state index contributed by atoms with van der Waals surface area (Å²) >= 11 is -2.41. The van der Waals surface area contributed by atoms with E-state index in [0.29, 0.717) is 0 Å². The van der Waals surface area contributed by atoms with E-state index in [1.165, 1.54) is 43.4 Å². The summed E-state index contributed by atoms with van der Waals surface area (Å²) in [7, 11) is 12.7. The van der Waals surface area contributed by atoms with Crippen molar-refractivity contribution >= 4 is 43.8 Å². The normalized spacial score (nSPS) is 10.8. The molecule has 0 amide bonds. The fraction of sp³-hybridized carbons (Fsp3) is 0.0294. The Bertz CT molecular complexity index is 1540. The number of benzene rings is 5. The summed E-state index contributed by atoms with van der Waals surface area (Å²) in [6.45, 7) is 0. The van der Waals surface area contributed by atoms with Gasteiger partial charge in [0.1, 0.15) is 0 Å². The van der Waals surface area contributed by atoms with Crippen LogP contribution in [0.15, 0.2) is 146 Å². The SMILES string of the molecule is [Cl][Hf]([Cl])=[Si](c1ccccc1)c1ccccc1.[c-]1cccc2c1Cc1ccccc1-2.c1ccc2[cH-]ccc2c1. The molecule has 6 aromatic rings. The Labute approximate surface area is 240 Å². The molecule has 0 fully saturated rings. The van der Waals surface area contributed by atoms with Crippen molar-refractivity contribution in [1.82, 2.24) is 0 Å². The number of hydrogen-bond donors (Lipinski definition) is 0. The quantitative estimate of drug-likeness (QED) is 0.125. The summed E-state index contributed by atoms with van der Waals surface area (Å²) in [6, 6.07) is 53.7.